The van der Waals surface area contributed by atoms with E-state index in [1.807, 2.05) is 43.3 Å². The molecular formula is C72H58F3N13O6. The highest BCUT2D eigenvalue weighted by Gasteiger charge is 2.29. The van der Waals surface area contributed by atoms with Crippen LogP contribution in [-0.4, -0.2) is 97.5 Å². The standard InChI is InChI=1S/C25H21FN4O2.C24H19FN4O2.C23H18FN5O2/c1-13(2)24-22(23-14(3)8-16(11-27-23)25(31)32)19-10-20-15(12-28-29-20)9-21(19)30(24)18-6-4-17(26)5-7-18;1-13(2)23-22(18-4-3-5-19(27-18)24(30)31)17-11-20-14(12-26-28-20)10-21(17)29(23)16-8-6-15(25)7-9-16;1-12(2)21-20(22-25-9-14(10-26-22)23(30)31)17-8-18-13(11-27-28-18)7-19(17)29(21)16-5-3-15(24)4-6-16/h4-13H,1-3H3,(H,28,29)(H,31,32);3-13H,1-2H3,(H,26,28)(H,30,31);3-12H,1-2H3,(H,27,28)(H,30,31). The van der Waals surface area contributed by atoms with E-state index >= 15 is 0 Å². The molecule has 0 aliphatic carbocycles. The molecule has 0 aliphatic rings. The van der Waals surface area contributed by atoms with Crippen LogP contribution >= 0.6 is 0 Å². The van der Waals surface area contributed by atoms with Crippen LogP contribution in [0.1, 0.15) is 113 Å². The zero-order valence-corrected chi connectivity index (χ0v) is 51.6. The summed E-state index contributed by atoms with van der Waals surface area (Å²) in [4.78, 5) is 51.9. The van der Waals surface area contributed by atoms with Gasteiger partial charge in [0.05, 0.1) is 74.2 Å². The molecule has 0 atom stereocenters. The number of aryl methyl sites for hydroxylation is 1. The highest BCUT2D eigenvalue weighted by atomic mass is 19.1. The quantitative estimate of drug-likeness (QED) is 0.0665. The Morgan fingerprint density at radius 2 is 0.819 bits per heavy atom. The summed E-state index contributed by atoms with van der Waals surface area (Å²) in [5.74, 6) is -3.38. The van der Waals surface area contributed by atoms with Gasteiger partial charge in [-0.05, 0) is 158 Å². The van der Waals surface area contributed by atoms with Crippen molar-refractivity contribution in [3.63, 3.8) is 0 Å². The zero-order valence-electron chi connectivity index (χ0n) is 51.6. The number of rotatable bonds is 12. The van der Waals surface area contributed by atoms with Gasteiger partial charge in [-0.2, -0.15) is 15.3 Å². The lowest BCUT2D eigenvalue weighted by Gasteiger charge is -2.16. The van der Waals surface area contributed by atoms with E-state index in [0.717, 1.165) is 128 Å². The number of fused-ring (bicyclic) bond motifs is 6. The molecule has 6 aromatic carbocycles. The third-order valence-corrected chi connectivity index (χ3v) is 16.5. The van der Waals surface area contributed by atoms with E-state index in [1.54, 1.807) is 67.1 Å². The van der Waals surface area contributed by atoms with Crippen molar-refractivity contribution in [2.24, 2.45) is 0 Å². The predicted molar refractivity (Wildman–Crippen MR) is 354 cm³/mol. The number of carbonyl (C=O) groups is 3. The van der Waals surface area contributed by atoms with Crippen LogP contribution < -0.4 is 0 Å². The lowest BCUT2D eigenvalue weighted by molar-refractivity contribution is 0.0681. The Hall–Kier alpha value is -12.1. The van der Waals surface area contributed by atoms with Crippen molar-refractivity contribution in [1.82, 2.24) is 64.2 Å². The van der Waals surface area contributed by atoms with Gasteiger partial charge in [0.15, 0.2) is 5.82 Å². The number of nitrogens with one attached hydrogen (secondary N) is 3. The van der Waals surface area contributed by atoms with Crippen LogP contribution in [0.3, 0.4) is 0 Å². The minimum Gasteiger partial charge on any atom is -0.478 e. The molecule has 0 bridgehead atoms. The Morgan fingerprint density at radius 1 is 0.436 bits per heavy atom. The van der Waals surface area contributed by atoms with Crippen molar-refractivity contribution >= 4 is 83.3 Å². The summed E-state index contributed by atoms with van der Waals surface area (Å²) in [5.41, 5.74) is 15.6. The maximum atomic E-state index is 13.7. The van der Waals surface area contributed by atoms with Gasteiger partial charge in [0, 0.05) is 102 Å². The summed E-state index contributed by atoms with van der Waals surface area (Å²) in [7, 11) is 0. The summed E-state index contributed by atoms with van der Waals surface area (Å²) < 4.78 is 47.3. The molecule has 0 saturated carbocycles. The Kier molecular flexibility index (Phi) is 15.7. The molecule has 0 saturated heterocycles. The van der Waals surface area contributed by atoms with E-state index in [4.69, 9.17) is 0 Å². The third kappa shape index (κ3) is 11.0. The van der Waals surface area contributed by atoms with Crippen molar-refractivity contribution in [3.8, 4) is 51.0 Å². The number of aromatic amines is 3. The summed E-state index contributed by atoms with van der Waals surface area (Å²) in [6.45, 7) is 14.4. The molecule has 6 N–H and O–H groups in total. The molecule has 0 unspecified atom stereocenters. The number of nitrogens with zero attached hydrogens (tertiary/aromatic N) is 10. The number of aromatic nitrogens is 13. The molecule has 19 nitrogen and oxygen atoms in total. The number of carboxylic acids is 3. The second kappa shape index (κ2) is 24.3. The summed E-state index contributed by atoms with van der Waals surface area (Å²) in [5, 5.41) is 55.1. The van der Waals surface area contributed by atoms with Gasteiger partial charge < -0.3 is 29.0 Å². The molecule has 0 aliphatic heterocycles. The van der Waals surface area contributed by atoms with E-state index in [9.17, 15) is 42.9 Å². The van der Waals surface area contributed by atoms with Gasteiger partial charge in [-0.1, -0.05) is 47.6 Å². The fraction of sp³-hybridized carbons (Fsp3) is 0.139. The second-order valence-corrected chi connectivity index (χ2v) is 23.7. The van der Waals surface area contributed by atoms with Crippen LogP contribution in [-0.2, 0) is 0 Å². The Balaban J connectivity index is 0.000000128. The van der Waals surface area contributed by atoms with Gasteiger partial charge in [-0.3, -0.25) is 20.3 Å². The highest BCUT2D eigenvalue weighted by molar-refractivity contribution is 6.08. The van der Waals surface area contributed by atoms with Gasteiger partial charge in [0.2, 0.25) is 0 Å². The maximum Gasteiger partial charge on any atom is 0.354 e. The predicted octanol–water partition coefficient (Wildman–Crippen LogP) is 16.3. The maximum absolute atomic E-state index is 13.7. The molecular weight excluding hydrogens is 1200 g/mol. The van der Waals surface area contributed by atoms with Gasteiger partial charge >= 0.3 is 17.9 Å². The van der Waals surface area contributed by atoms with Crippen molar-refractivity contribution in [2.45, 2.75) is 66.2 Å². The minimum atomic E-state index is -1.08. The van der Waals surface area contributed by atoms with Crippen molar-refractivity contribution < 1.29 is 42.9 Å². The zero-order chi connectivity index (χ0) is 66.0. The van der Waals surface area contributed by atoms with E-state index in [0.29, 0.717) is 11.5 Å². The molecule has 9 heterocycles. The van der Waals surface area contributed by atoms with Crippen molar-refractivity contribution in [1.29, 1.82) is 0 Å². The average molecular weight is 1260 g/mol. The molecule has 94 heavy (non-hydrogen) atoms. The van der Waals surface area contributed by atoms with E-state index in [1.165, 1.54) is 61.1 Å². The topological polar surface area (TPSA) is 264 Å². The molecule has 15 rings (SSSR count). The van der Waals surface area contributed by atoms with Crippen LogP contribution in [0.2, 0.25) is 0 Å². The molecule has 0 spiro atoms. The van der Waals surface area contributed by atoms with Crippen LogP contribution in [0.15, 0.2) is 171 Å². The van der Waals surface area contributed by atoms with E-state index < -0.39 is 17.9 Å². The van der Waals surface area contributed by atoms with Crippen LogP contribution in [0, 0.1) is 24.4 Å². The Labute approximate surface area is 532 Å². The third-order valence-electron chi connectivity index (χ3n) is 16.5. The number of carboxylic acid groups (broad SMARTS) is 3. The molecule has 0 radical (unpaired) electrons. The van der Waals surface area contributed by atoms with Crippen molar-refractivity contribution in [3.05, 3.63) is 228 Å². The number of benzene rings is 6. The molecule has 9 aromatic heterocycles. The lowest BCUT2D eigenvalue weighted by Crippen LogP contribution is -2.05. The Bertz CT molecular complexity index is 5450. The van der Waals surface area contributed by atoms with Crippen LogP contribution in [0.5, 0.6) is 0 Å². The summed E-state index contributed by atoms with van der Waals surface area (Å²) in [6, 6.07) is 37.9. The fourth-order valence-corrected chi connectivity index (χ4v) is 12.4. The molecule has 0 amide bonds. The van der Waals surface area contributed by atoms with E-state index in [2.05, 4.69) is 112 Å². The number of aromatic carboxylic acids is 3. The first-order valence-electron chi connectivity index (χ1n) is 30.0. The monoisotopic (exact) mass is 1260 g/mol. The first-order valence-corrected chi connectivity index (χ1v) is 30.0. The average Bonchev–Trinajstić information content (AvgIpc) is 1.59. The van der Waals surface area contributed by atoms with Crippen LogP contribution in [0.4, 0.5) is 13.2 Å². The number of pyridine rings is 2. The highest BCUT2D eigenvalue weighted by Crippen LogP contribution is 2.45. The van der Waals surface area contributed by atoms with Gasteiger partial charge in [-0.15, -0.1) is 0 Å². The Morgan fingerprint density at radius 3 is 1.21 bits per heavy atom. The van der Waals surface area contributed by atoms with Gasteiger partial charge in [0.25, 0.3) is 0 Å². The SMILES string of the molecule is CC(C)c1c(-c2cccc(C(=O)O)n2)c2cc3[nH]ncc3cc2n1-c1ccc(F)cc1.CC(C)c1c(-c2ncc(C(=O)O)cn2)c2cc3[nH]ncc3cc2n1-c1ccc(F)cc1.Cc1cc(C(=O)O)cnc1-c1c(C(C)C)n(-c2ccc(F)cc2)c2cc3cn[nH]c3cc12. The molecule has 0 fully saturated rings. The lowest BCUT2D eigenvalue weighted by atomic mass is 9.97. The summed E-state index contributed by atoms with van der Waals surface area (Å²) >= 11 is 0. The van der Waals surface area contributed by atoms with Gasteiger partial charge in [0.1, 0.15) is 23.1 Å². The number of H-pyrrole nitrogens is 3. The first kappa shape index (κ1) is 60.8. The van der Waals surface area contributed by atoms with Gasteiger partial charge in [-0.25, -0.2) is 42.5 Å². The van der Waals surface area contributed by atoms with Crippen LogP contribution in [0.25, 0.3) is 116 Å². The van der Waals surface area contributed by atoms with Crippen molar-refractivity contribution in [2.75, 3.05) is 0 Å². The number of hydrogen-bond donors (Lipinski definition) is 6. The van der Waals surface area contributed by atoms with E-state index in [-0.39, 0.29) is 52.0 Å². The number of hydrogen-bond acceptors (Lipinski definition) is 10. The molecule has 22 heteroatoms. The summed E-state index contributed by atoms with van der Waals surface area (Å²) in [6.07, 6.45) is 9.30. The normalized spacial score (nSPS) is 11.6. The molecule has 468 valence electrons. The molecule has 15 aromatic rings. The number of halogens is 3. The smallest absolute Gasteiger partial charge is 0.354 e. The fourth-order valence-electron chi connectivity index (χ4n) is 12.4. The second-order valence-electron chi connectivity index (χ2n) is 23.7. The minimum absolute atomic E-state index is 0.0162. The largest absolute Gasteiger partial charge is 0.478 e. The first-order chi connectivity index (χ1) is 45.2.